The number of hydrogen-bond acceptors (Lipinski definition) is 3. The van der Waals surface area contributed by atoms with Gasteiger partial charge >= 0.3 is 0 Å². The number of aliphatic imine (C=N–C) groups is 1. The maximum atomic E-state index is 13.3. The molecule has 1 aromatic rings. The van der Waals surface area contributed by atoms with Gasteiger partial charge in [-0.15, -0.1) is 0 Å². The molecule has 0 amide bonds. The molecule has 0 bridgehead atoms. The second-order valence-electron chi connectivity index (χ2n) is 4.58. The van der Waals surface area contributed by atoms with Gasteiger partial charge in [-0.1, -0.05) is 11.6 Å². The van der Waals surface area contributed by atoms with E-state index in [9.17, 15) is 8.78 Å². The smallest absolute Gasteiger partial charge is 0.198 e. The average Bonchev–Trinajstić information content (AvgIpc) is 2.77. The van der Waals surface area contributed by atoms with Crippen LogP contribution in [0.25, 0.3) is 0 Å². The van der Waals surface area contributed by atoms with Gasteiger partial charge in [-0.25, -0.2) is 8.78 Å². The third-order valence-corrected chi connectivity index (χ3v) is 3.72. The standard InChI is InChI=1S/C13H12ClF2N3/c1-18-12-8(7-17-13(18)14)2-3-19(12)11-5-9(15)4-10(16)6-11/h4-7,13H,2-3H2,1H3. The predicted molar refractivity (Wildman–Crippen MR) is 71.2 cm³/mol. The number of alkyl halides is 1. The van der Waals surface area contributed by atoms with Crippen LogP contribution in [0.5, 0.6) is 0 Å². The van der Waals surface area contributed by atoms with Crippen LogP contribution in [0.15, 0.2) is 34.6 Å². The van der Waals surface area contributed by atoms with E-state index in [1.165, 1.54) is 12.1 Å². The lowest BCUT2D eigenvalue weighted by Crippen LogP contribution is -2.36. The molecule has 100 valence electrons. The van der Waals surface area contributed by atoms with Gasteiger partial charge in [0.25, 0.3) is 0 Å². The van der Waals surface area contributed by atoms with Crippen LogP contribution >= 0.6 is 11.6 Å². The minimum atomic E-state index is -0.585. The van der Waals surface area contributed by atoms with E-state index >= 15 is 0 Å². The summed E-state index contributed by atoms with van der Waals surface area (Å²) in [6.07, 6.45) is 2.52. The quantitative estimate of drug-likeness (QED) is 0.583. The highest BCUT2D eigenvalue weighted by Gasteiger charge is 2.31. The molecule has 0 saturated heterocycles. The lowest BCUT2D eigenvalue weighted by molar-refractivity contribution is 0.381. The van der Waals surface area contributed by atoms with Gasteiger partial charge < -0.3 is 9.80 Å². The van der Waals surface area contributed by atoms with E-state index in [1.807, 2.05) is 11.9 Å². The summed E-state index contributed by atoms with van der Waals surface area (Å²) in [5.74, 6) is -0.308. The summed E-state index contributed by atoms with van der Waals surface area (Å²) in [6.45, 7) is 0.660. The minimum absolute atomic E-state index is 0.488. The van der Waals surface area contributed by atoms with E-state index in [2.05, 4.69) is 4.99 Å². The van der Waals surface area contributed by atoms with Crippen LogP contribution in [0.2, 0.25) is 0 Å². The van der Waals surface area contributed by atoms with Crippen LogP contribution in [-0.4, -0.2) is 30.3 Å². The fourth-order valence-corrected chi connectivity index (χ4v) is 2.61. The molecule has 2 aliphatic rings. The molecule has 3 rings (SSSR count). The summed E-state index contributed by atoms with van der Waals surface area (Å²) in [7, 11) is 1.82. The lowest BCUT2D eigenvalue weighted by atomic mass is 10.2. The van der Waals surface area contributed by atoms with Crippen molar-refractivity contribution in [2.45, 2.75) is 12.0 Å². The second-order valence-corrected chi connectivity index (χ2v) is 4.97. The maximum Gasteiger partial charge on any atom is 0.198 e. The summed E-state index contributed by atoms with van der Waals surface area (Å²) in [6, 6.07) is 3.51. The molecule has 3 nitrogen and oxygen atoms in total. The summed E-state index contributed by atoms with van der Waals surface area (Å²) < 4.78 is 26.7. The average molecular weight is 284 g/mol. The van der Waals surface area contributed by atoms with Gasteiger partial charge in [-0.3, -0.25) is 4.99 Å². The molecule has 1 atom stereocenters. The molecule has 0 aliphatic carbocycles. The van der Waals surface area contributed by atoms with E-state index in [4.69, 9.17) is 11.6 Å². The van der Waals surface area contributed by atoms with Gasteiger partial charge in [0.1, 0.15) is 17.5 Å². The van der Waals surface area contributed by atoms with Crippen molar-refractivity contribution in [3.05, 3.63) is 41.2 Å². The molecule has 1 unspecified atom stereocenters. The Morgan fingerprint density at radius 1 is 1.26 bits per heavy atom. The molecule has 0 N–H and O–H groups in total. The predicted octanol–water partition coefficient (Wildman–Crippen LogP) is 2.93. The normalized spacial score (nSPS) is 22.2. The van der Waals surface area contributed by atoms with Crippen LogP contribution in [0.1, 0.15) is 6.42 Å². The van der Waals surface area contributed by atoms with Crippen molar-refractivity contribution in [3.63, 3.8) is 0 Å². The van der Waals surface area contributed by atoms with E-state index in [-0.39, 0.29) is 0 Å². The van der Waals surface area contributed by atoms with Crippen molar-refractivity contribution in [3.8, 4) is 0 Å². The zero-order chi connectivity index (χ0) is 13.6. The lowest BCUT2D eigenvalue weighted by Gasteiger charge is -2.33. The molecular formula is C13H12ClF2N3. The van der Waals surface area contributed by atoms with Crippen molar-refractivity contribution < 1.29 is 8.78 Å². The van der Waals surface area contributed by atoms with E-state index in [0.717, 1.165) is 23.9 Å². The molecular weight excluding hydrogens is 272 g/mol. The zero-order valence-corrected chi connectivity index (χ0v) is 11.0. The first-order chi connectivity index (χ1) is 9.06. The Labute approximate surface area is 114 Å². The number of rotatable bonds is 1. The Kier molecular flexibility index (Phi) is 2.93. The van der Waals surface area contributed by atoms with Crippen molar-refractivity contribution >= 4 is 23.5 Å². The molecule has 2 aliphatic heterocycles. The van der Waals surface area contributed by atoms with Gasteiger partial charge in [0.2, 0.25) is 0 Å². The van der Waals surface area contributed by atoms with Crippen molar-refractivity contribution in [1.29, 1.82) is 0 Å². The molecule has 6 heteroatoms. The molecule has 1 aromatic carbocycles. The third kappa shape index (κ3) is 2.08. The largest absolute Gasteiger partial charge is 0.327 e. The summed E-state index contributed by atoms with van der Waals surface area (Å²) in [5.41, 5.74) is 1.04. The first kappa shape index (κ1) is 12.4. The van der Waals surface area contributed by atoms with Gasteiger partial charge in [0.05, 0.1) is 0 Å². The Hall–Kier alpha value is -1.62. The molecule has 0 spiro atoms. The molecule has 2 heterocycles. The van der Waals surface area contributed by atoms with Crippen molar-refractivity contribution in [1.82, 2.24) is 4.90 Å². The molecule has 0 aromatic heterocycles. The monoisotopic (exact) mass is 283 g/mol. The van der Waals surface area contributed by atoms with Gasteiger partial charge in [0, 0.05) is 37.1 Å². The Bertz CT molecular complexity index is 565. The Morgan fingerprint density at radius 2 is 1.95 bits per heavy atom. The first-order valence-corrected chi connectivity index (χ1v) is 6.37. The fraction of sp³-hybridized carbons (Fsp3) is 0.308. The van der Waals surface area contributed by atoms with Gasteiger partial charge in [-0.05, 0) is 18.6 Å². The molecule has 0 radical (unpaired) electrons. The van der Waals surface area contributed by atoms with Crippen LogP contribution in [-0.2, 0) is 0 Å². The highest BCUT2D eigenvalue weighted by molar-refractivity contribution is 6.21. The molecule has 19 heavy (non-hydrogen) atoms. The number of halogens is 3. The number of hydrogen-bond donors (Lipinski definition) is 0. The second kappa shape index (κ2) is 4.49. The zero-order valence-electron chi connectivity index (χ0n) is 10.3. The highest BCUT2D eigenvalue weighted by Crippen LogP contribution is 2.34. The Balaban J connectivity index is 2.02. The van der Waals surface area contributed by atoms with E-state index in [1.54, 1.807) is 11.1 Å². The summed E-state index contributed by atoms with van der Waals surface area (Å²) >= 11 is 6.07. The van der Waals surface area contributed by atoms with Gasteiger partial charge in [-0.2, -0.15) is 0 Å². The van der Waals surface area contributed by atoms with Crippen molar-refractivity contribution in [2.24, 2.45) is 4.99 Å². The summed E-state index contributed by atoms with van der Waals surface area (Å²) in [5, 5.41) is 0. The van der Waals surface area contributed by atoms with E-state index < -0.39 is 17.3 Å². The number of nitrogens with zero attached hydrogens (tertiary/aromatic N) is 3. The topological polar surface area (TPSA) is 18.8 Å². The van der Waals surface area contributed by atoms with Crippen LogP contribution in [0.4, 0.5) is 14.5 Å². The summed E-state index contributed by atoms with van der Waals surface area (Å²) in [4.78, 5) is 7.81. The SMILES string of the molecule is CN1C2=C(C=NC1Cl)CCN2c1cc(F)cc(F)c1. The molecule has 0 fully saturated rings. The number of benzene rings is 1. The first-order valence-electron chi connectivity index (χ1n) is 5.93. The van der Waals surface area contributed by atoms with Crippen LogP contribution < -0.4 is 4.90 Å². The van der Waals surface area contributed by atoms with E-state index in [0.29, 0.717) is 12.2 Å². The fourth-order valence-electron chi connectivity index (χ4n) is 2.46. The van der Waals surface area contributed by atoms with Crippen LogP contribution in [0.3, 0.4) is 0 Å². The van der Waals surface area contributed by atoms with Crippen LogP contribution in [0, 0.1) is 11.6 Å². The maximum absolute atomic E-state index is 13.3. The molecule has 0 saturated carbocycles. The number of anilines is 1. The minimum Gasteiger partial charge on any atom is -0.327 e. The third-order valence-electron chi connectivity index (χ3n) is 3.31. The highest BCUT2D eigenvalue weighted by atomic mass is 35.5. The van der Waals surface area contributed by atoms with Crippen molar-refractivity contribution in [2.75, 3.05) is 18.5 Å². The van der Waals surface area contributed by atoms with Gasteiger partial charge in [0.15, 0.2) is 5.62 Å². The Morgan fingerprint density at radius 3 is 2.63 bits per heavy atom.